The fourth-order valence-corrected chi connectivity index (χ4v) is 1.64. The van der Waals surface area contributed by atoms with Gasteiger partial charge in [0, 0.05) is 0 Å². The number of hydrogen-bond acceptors (Lipinski definition) is 5. The molecule has 1 aromatic carbocycles. The Balaban J connectivity index is 2.18. The van der Waals surface area contributed by atoms with Crippen LogP contribution in [0.25, 0.3) is 0 Å². The fraction of sp³-hybridized carbons (Fsp3) is 0.250. The smallest absolute Gasteiger partial charge is 0.259 e. The van der Waals surface area contributed by atoms with Gasteiger partial charge in [0.15, 0.2) is 0 Å². The van der Waals surface area contributed by atoms with E-state index in [9.17, 15) is 4.79 Å². The molecule has 0 spiro atoms. The Labute approximate surface area is 110 Å². The number of H-pyrrole nitrogens is 1. The van der Waals surface area contributed by atoms with Crippen molar-refractivity contribution in [2.24, 2.45) is 0 Å². The second-order valence-corrected chi connectivity index (χ2v) is 3.65. The van der Waals surface area contributed by atoms with Crippen molar-refractivity contribution in [1.82, 2.24) is 20.5 Å². The number of aromatic nitrogens is 3. The summed E-state index contributed by atoms with van der Waals surface area (Å²) < 4.78 is 10.3. The van der Waals surface area contributed by atoms with Gasteiger partial charge in [-0.3, -0.25) is 9.89 Å². The van der Waals surface area contributed by atoms with Crippen LogP contribution in [0.1, 0.15) is 16.2 Å². The van der Waals surface area contributed by atoms with Crippen molar-refractivity contribution in [2.75, 3.05) is 14.2 Å². The van der Waals surface area contributed by atoms with Crippen LogP contribution in [0.4, 0.5) is 0 Å². The average molecular weight is 262 g/mol. The Morgan fingerprint density at radius 1 is 1.32 bits per heavy atom. The molecule has 0 aliphatic carbocycles. The van der Waals surface area contributed by atoms with Gasteiger partial charge in [-0.2, -0.15) is 5.10 Å². The van der Waals surface area contributed by atoms with Gasteiger partial charge in [-0.15, -0.1) is 0 Å². The summed E-state index contributed by atoms with van der Waals surface area (Å²) in [5.74, 6) is 1.18. The van der Waals surface area contributed by atoms with Crippen molar-refractivity contribution in [3.63, 3.8) is 0 Å². The van der Waals surface area contributed by atoms with Crippen LogP contribution in [0.3, 0.4) is 0 Å². The number of carbonyl (C=O) groups is 1. The Morgan fingerprint density at radius 3 is 2.53 bits per heavy atom. The first-order chi connectivity index (χ1) is 9.26. The van der Waals surface area contributed by atoms with Crippen molar-refractivity contribution in [3.8, 4) is 11.5 Å². The van der Waals surface area contributed by atoms with Crippen molar-refractivity contribution in [2.45, 2.75) is 6.54 Å². The minimum Gasteiger partial charge on any atom is -0.496 e. The fourth-order valence-electron chi connectivity index (χ4n) is 1.64. The predicted molar refractivity (Wildman–Crippen MR) is 67.1 cm³/mol. The van der Waals surface area contributed by atoms with Gasteiger partial charge in [0.25, 0.3) is 5.91 Å². The number of carbonyl (C=O) groups excluding carboxylic acids is 1. The molecule has 0 unspecified atom stereocenters. The lowest BCUT2D eigenvalue weighted by Crippen LogP contribution is -2.24. The quantitative estimate of drug-likeness (QED) is 0.830. The zero-order valence-corrected chi connectivity index (χ0v) is 10.6. The summed E-state index contributed by atoms with van der Waals surface area (Å²) in [6.07, 6.45) is 1.38. The van der Waals surface area contributed by atoms with Gasteiger partial charge in [-0.25, -0.2) is 4.98 Å². The van der Waals surface area contributed by atoms with Gasteiger partial charge in [-0.1, -0.05) is 6.07 Å². The third kappa shape index (κ3) is 2.82. The number of ether oxygens (including phenoxy) is 2. The van der Waals surface area contributed by atoms with E-state index < -0.39 is 0 Å². The second kappa shape index (κ2) is 5.85. The Kier molecular flexibility index (Phi) is 3.97. The molecule has 2 aromatic rings. The summed E-state index contributed by atoms with van der Waals surface area (Å²) in [5, 5.41) is 9.08. The maximum absolute atomic E-state index is 12.2. The van der Waals surface area contributed by atoms with Gasteiger partial charge in [-0.05, 0) is 12.1 Å². The summed E-state index contributed by atoms with van der Waals surface area (Å²) in [5.41, 5.74) is 0.354. The van der Waals surface area contributed by atoms with E-state index in [1.54, 1.807) is 18.2 Å². The molecule has 0 atom stereocenters. The molecule has 1 amide bonds. The number of amides is 1. The number of aromatic amines is 1. The predicted octanol–water partition coefficient (Wildman–Crippen LogP) is 0.752. The van der Waals surface area contributed by atoms with Crippen molar-refractivity contribution in [3.05, 3.63) is 35.9 Å². The number of nitrogens with one attached hydrogen (secondary N) is 2. The van der Waals surface area contributed by atoms with Crippen molar-refractivity contribution >= 4 is 5.91 Å². The zero-order valence-electron chi connectivity index (χ0n) is 10.6. The van der Waals surface area contributed by atoms with Gasteiger partial charge in [0.2, 0.25) is 0 Å². The van der Waals surface area contributed by atoms with E-state index in [4.69, 9.17) is 9.47 Å². The van der Waals surface area contributed by atoms with Crippen molar-refractivity contribution in [1.29, 1.82) is 0 Å². The monoisotopic (exact) mass is 262 g/mol. The van der Waals surface area contributed by atoms with Crippen LogP contribution in [0.5, 0.6) is 11.5 Å². The molecule has 2 N–H and O–H groups in total. The molecule has 7 nitrogen and oxygen atoms in total. The molecular formula is C12H14N4O3. The first-order valence-corrected chi connectivity index (χ1v) is 5.59. The van der Waals surface area contributed by atoms with Crippen LogP contribution >= 0.6 is 0 Å². The van der Waals surface area contributed by atoms with E-state index in [2.05, 4.69) is 20.5 Å². The Hall–Kier alpha value is -2.57. The number of rotatable bonds is 5. The molecule has 0 saturated heterocycles. The third-order valence-corrected chi connectivity index (χ3v) is 2.54. The maximum Gasteiger partial charge on any atom is 0.259 e. The average Bonchev–Trinajstić information content (AvgIpc) is 2.97. The molecular weight excluding hydrogens is 248 g/mol. The highest BCUT2D eigenvalue weighted by Gasteiger charge is 2.17. The van der Waals surface area contributed by atoms with Crippen LogP contribution < -0.4 is 14.8 Å². The second-order valence-electron chi connectivity index (χ2n) is 3.65. The van der Waals surface area contributed by atoms with E-state index >= 15 is 0 Å². The number of nitrogens with zero attached hydrogens (tertiary/aromatic N) is 2. The van der Waals surface area contributed by atoms with Gasteiger partial charge >= 0.3 is 0 Å². The first kappa shape index (κ1) is 12.9. The molecule has 7 heteroatoms. The molecule has 2 rings (SSSR count). The molecule has 1 aromatic heterocycles. The molecule has 0 fully saturated rings. The van der Waals surface area contributed by atoms with Gasteiger partial charge in [0.05, 0.1) is 20.8 Å². The first-order valence-electron chi connectivity index (χ1n) is 5.59. The molecule has 19 heavy (non-hydrogen) atoms. The third-order valence-electron chi connectivity index (χ3n) is 2.54. The minimum absolute atomic E-state index is 0.250. The molecule has 0 radical (unpaired) electrons. The number of methoxy groups -OCH3 is 2. The van der Waals surface area contributed by atoms with Crippen LogP contribution in [0.2, 0.25) is 0 Å². The van der Waals surface area contributed by atoms with E-state index in [1.807, 2.05) is 0 Å². The minimum atomic E-state index is -0.300. The Morgan fingerprint density at radius 2 is 2.00 bits per heavy atom. The molecule has 0 bridgehead atoms. The lowest BCUT2D eigenvalue weighted by Gasteiger charge is -2.12. The highest BCUT2D eigenvalue weighted by atomic mass is 16.5. The highest BCUT2D eigenvalue weighted by molar-refractivity contribution is 5.99. The van der Waals surface area contributed by atoms with Gasteiger partial charge in [0.1, 0.15) is 29.2 Å². The molecule has 0 saturated carbocycles. The summed E-state index contributed by atoms with van der Waals surface area (Å²) >= 11 is 0. The lowest BCUT2D eigenvalue weighted by molar-refractivity contribution is 0.0943. The SMILES string of the molecule is COc1cccc(OC)c1C(=O)NCc1ncn[nH]1. The van der Waals surface area contributed by atoms with E-state index in [-0.39, 0.29) is 12.5 Å². The van der Waals surface area contributed by atoms with E-state index in [1.165, 1.54) is 20.5 Å². The standard InChI is InChI=1S/C12H14N4O3/c1-18-8-4-3-5-9(19-2)11(8)12(17)13-6-10-14-7-15-16-10/h3-5,7H,6H2,1-2H3,(H,13,17)(H,14,15,16). The molecule has 0 aliphatic heterocycles. The lowest BCUT2D eigenvalue weighted by atomic mass is 10.1. The topological polar surface area (TPSA) is 89.1 Å². The molecule has 0 aliphatic rings. The van der Waals surface area contributed by atoms with Crippen LogP contribution in [-0.4, -0.2) is 35.3 Å². The summed E-state index contributed by atoms with van der Waals surface area (Å²) in [6.45, 7) is 0.250. The van der Waals surface area contributed by atoms with Crippen molar-refractivity contribution < 1.29 is 14.3 Å². The van der Waals surface area contributed by atoms with E-state index in [0.717, 1.165) is 0 Å². The number of benzene rings is 1. The summed E-state index contributed by atoms with van der Waals surface area (Å²) in [7, 11) is 3.00. The zero-order chi connectivity index (χ0) is 13.7. The highest BCUT2D eigenvalue weighted by Crippen LogP contribution is 2.27. The van der Waals surface area contributed by atoms with Crippen LogP contribution in [0, 0.1) is 0 Å². The molecule has 1 heterocycles. The van der Waals surface area contributed by atoms with Crippen LogP contribution in [0.15, 0.2) is 24.5 Å². The number of hydrogen-bond donors (Lipinski definition) is 2. The van der Waals surface area contributed by atoms with Gasteiger partial charge < -0.3 is 14.8 Å². The summed E-state index contributed by atoms with van der Waals surface area (Å²) in [6, 6.07) is 5.16. The molecule has 100 valence electrons. The normalized spacial score (nSPS) is 10.0. The van der Waals surface area contributed by atoms with Crippen LogP contribution in [-0.2, 0) is 6.54 Å². The Bertz CT molecular complexity index is 532. The summed E-state index contributed by atoms with van der Waals surface area (Å²) in [4.78, 5) is 16.1. The maximum atomic E-state index is 12.2. The largest absolute Gasteiger partial charge is 0.496 e. The van der Waals surface area contributed by atoms with E-state index in [0.29, 0.717) is 22.9 Å².